The first kappa shape index (κ1) is 74.4. The molecule has 0 saturated carbocycles. The summed E-state index contributed by atoms with van der Waals surface area (Å²) < 4.78 is 16.9. The first-order chi connectivity index (χ1) is 38.0. The van der Waals surface area contributed by atoms with E-state index in [-0.39, 0.29) is 31.1 Å². The SMILES string of the molecule is CCCCCCC/C=C\C/C=C\CCCCCCCCCCCCCCCCCCCCCC(=O)OCC(COC(=O)CCCCCCC/C=C\CCCCCCC)OC(=O)CCCCCCC/C=C\CCCCCCC. The zero-order chi connectivity index (χ0) is 55.7. The molecule has 0 heterocycles. The third-order valence-corrected chi connectivity index (χ3v) is 15.3. The molecule has 0 spiro atoms. The Kier molecular flexibility index (Phi) is 63.6. The Morgan fingerprint density at radius 1 is 0.260 bits per heavy atom. The average Bonchev–Trinajstić information content (AvgIpc) is 3.43. The van der Waals surface area contributed by atoms with E-state index >= 15 is 0 Å². The van der Waals surface area contributed by atoms with E-state index in [0.29, 0.717) is 19.3 Å². The van der Waals surface area contributed by atoms with E-state index in [0.717, 1.165) is 77.0 Å². The van der Waals surface area contributed by atoms with Crippen molar-refractivity contribution in [3.05, 3.63) is 48.6 Å². The van der Waals surface area contributed by atoms with Crippen molar-refractivity contribution in [3.63, 3.8) is 0 Å². The van der Waals surface area contributed by atoms with Gasteiger partial charge in [0, 0.05) is 19.3 Å². The van der Waals surface area contributed by atoms with Gasteiger partial charge in [-0.3, -0.25) is 14.4 Å². The molecule has 0 aliphatic carbocycles. The van der Waals surface area contributed by atoms with Gasteiger partial charge in [0.1, 0.15) is 13.2 Å². The van der Waals surface area contributed by atoms with Gasteiger partial charge < -0.3 is 14.2 Å². The highest BCUT2D eigenvalue weighted by Gasteiger charge is 2.19. The molecule has 0 bridgehead atoms. The Labute approximate surface area is 479 Å². The lowest BCUT2D eigenvalue weighted by Crippen LogP contribution is -2.30. The molecule has 0 aromatic heterocycles. The quantitative estimate of drug-likeness (QED) is 0.0261. The van der Waals surface area contributed by atoms with Crippen LogP contribution in [0.4, 0.5) is 0 Å². The summed E-state index contributed by atoms with van der Waals surface area (Å²) in [4.78, 5) is 38.3. The van der Waals surface area contributed by atoms with Crippen molar-refractivity contribution in [1.29, 1.82) is 0 Å². The van der Waals surface area contributed by atoms with E-state index in [9.17, 15) is 14.4 Å². The Balaban J connectivity index is 4.14. The summed E-state index contributed by atoms with van der Waals surface area (Å²) in [5.74, 6) is -0.872. The molecule has 6 nitrogen and oxygen atoms in total. The van der Waals surface area contributed by atoms with Crippen LogP contribution in [0.1, 0.15) is 367 Å². The normalized spacial score (nSPS) is 12.3. The van der Waals surface area contributed by atoms with Crippen molar-refractivity contribution in [2.45, 2.75) is 374 Å². The van der Waals surface area contributed by atoms with Gasteiger partial charge in [-0.25, -0.2) is 0 Å². The molecular formula is C71H130O6. The van der Waals surface area contributed by atoms with Gasteiger partial charge in [-0.2, -0.15) is 0 Å². The van der Waals surface area contributed by atoms with Crippen LogP contribution in [0.2, 0.25) is 0 Å². The van der Waals surface area contributed by atoms with E-state index in [1.165, 1.54) is 250 Å². The second-order valence-electron chi connectivity index (χ2n) is 23.1. The molecule has 6 heteroatoms. The smallest absolute Gasteiger partial charge is 0.306 e. The highest BCUT2D eigenvalue weighted by molar-refractivity contribution is 5.71. The van der Waals surface area contributed by atoms with Crippen LogP contribution < -0.4 is 0 Å². The molecule has 1 unspecified atom stereocenters. The number of unbranched alkanes of at least 4 members (excludes halogenated alkanes) is 44. The molecule has 0 fully saturated rings. The second-order valence-corrected chi connectivity index (χ2v) is 23.1. The minimum atomic E-state index is -0.779. The molecule has 0 aliphatic rings. The van der Waals surface area contributed by atoms with E-state index < -0.39 is 6.10 Å². The monoisotopic (exact) mass is 1080 g/mol. The van der Waals surface area contributed by atoms with Crippen LogP contribution in [0.3, 0.4) is 0 Å². The highest BCUT2D eigenvalue weighted by atomic mass is 16.6. The summed E-state index contributed by atoms with van der Waals surface area (Å²) in [7, 11) is 0. The Morgan fingerprint density at radius 3 is 0.727 bits per heavy atom. The van der Waals surface area contributed by atoms with Gasteiger partial charge in [-0.15, -0.1) is 0 Å². The fourth-order valence-electron chi connectivity index (χ4n) is 10.1. The van der Waals surface area contributed by atoms with Crippen molar-refractivity contribution in [2.75, 3.05) is 13.2 Å². The van der Waals surface area contributed by atoms with Gasteiger partial charge >= 0.3 is 17.9 Å². The minimum absolute atomic E-state index is 0.0752. The zero-order valence-corrected chi connectivity index (χ0v) is 51.7. The lowest BCUT2D eigenvalue weighted by molar-refractivity contribution is -0.167. The number of allylic oxidation sites excluding steroid dienone is 8. The standard InChI is InChI=1S/C71H130O6/c1-4-7-10-13-16-19-22-25-28-29-30-31-32-33-34-35-36-37-38-39-40-41-42-43-44-47-49-52-55-58-61-64-70(73)76-67-68(77-71(74)65-62-59-56-53-50-46-27-24-21-18-15-12-9-6-3)66-75-69(72)63-60-57-54-51-48-45-26-23-20-17-14-11-8-5-2/h22-27,29-30,68H,4-21,28,31-67H2,1-3H3/b25-22-,26-23-,27-24-,30-29-. The number of ether oxygens (including phenoxy) is 3. The summed E-state index contributed by atoms with van der Waals surface area (Å²) in [5, 5.41) is 0. The molecule has 0 amide bonds. The maximum atomic E-state index is 12.9. The third-order valence-electron chi connectivity index (χ3n) is 15.3. The summed E-state index contributed by atoms with van der Waals surface area (Å²) in [6, 6.07) is 0. The highest BCUT2D eigenvalue weighted by Crippen LogP contribution is 2.17. The summed E-state index contributed by atoms with van der Waals surface area (Å²) >= 11 is 0. The van der Waals surface area contributed by atoms with Crippen LogP contribution in [0.15, 0.2) is 48.6 Å². The van der Waals surface area contributed by atoms with Gasteiger partial charge in [-0.05, 0) is 103 Å². The lowest BCUT2D eigenvalue weighted by Gasteiger charge is -2.18. The van der Waals surface area contributed by atoms with Crippen LogP contribution in [0.25, 0.3) is 0 Å². The Bertz CT molecular complexity index is 1330. The van der Waals surface area contributed by atoms with Crippen LogP contribution >= 0.6 is 0 Å². The van der Waals surface area contributed by atoms with E-state index in [1.807, 2.05) is 0 Å². The number of rotatable bonds is 63. The maximum absolute atomic E-state index is 12.9. The van der Waals surface area contributed by atoms with Gasteiger partial charge in [0.05, 0.1) is 0 Å². The molecule has 450 valence electrons. The molecule has 0 radical (unpaired) electrons. The number of hydrogen-bond acceptors (Lipinski definition) is 6. The second kappa shape index (κ2) is 65.9. The summed E-state index contributed by atoms with van der Waals surface area (Å²) in [5.41, 5.74) is 0. The lowest BCUT2D eigenvalue weighted by atomic mass is 10.0. The van der Waals surface area contributed by atoms with Crippen molar-refractivity contribution in [3.8, 4) is 0 Å². The molecule has 77 heavy (non-hydrogen) atoms. The third kappa shape index (κ3) is 64.1. The van der Waals surface area contributed by atoms with Crippen LogP contribution in [-0.2, 0) is 28.6 Å². The van der Waals surface area contributed by atoms with E-state index in [2.05, 4.69) is 69.4 Å². The predicted octanol–water partition coefficient (Wildman–Crippen LogP) is 23.3. The van der Waals surface area contributed by atoms with Crippen LogP contribution in [0.5, 0.6) is 0 Å². The number of esters is 3. The van der Waals surface area contributed by atoms with Gasteiger partial charge in [0.2, 0.25) is 0 Å². The van der Waals surface area contributed by atoms with Gasteiger partial charge in [-0.1, -0.05) is 294 Å². The topological polar surface area (TPSA) is 78.9 Å². The minimum Gasteiger partial charge on any atom is -0.462 e. The molecule has 0 aromatic carbocycles. The van der Waals surface area contributed by atoms with Crippen molar-refractivity contribution >= 4 is 17.9 Å². The summed E-state index contributed by atoms with van der Waals surface area (Å²) in [6.07, 6.45) is 82.8. The molecular weight excluding hydrogens is 949 g/mol. The zero-order valence-electron chi connectivity index (χ0n) is 51.7. The number of carbonyl (C=O) groups is 3. The average molecular weight is 1080 g/mol. The van der Waals surface area contributed by atoms with Crippen molar-refractivity contribution in [2.24, 2.45) is 0 Å². The fraction of sp³-hybridized carbons (Fsp3) is 0.845. The number of hydrogen-bond donors (Lipinski definition) is 0. The first-order valence-corrected chi connectivity index (χ1v) is 34.1. The van der Waals surface area contributed by atoms with Crippen LogP contribution in [-0.4, -0.2) is 37.2 Å². The number of carbonyl (C=O) groups excluding carboxylic acids is 3. The molecule has 1 atom stereocenters. The maximum Gasteiger partial charge on any atom is 0.306 e. The fourth-order valence-corrected chi connectivity index (χ4v) is 10.1. The van der Waals surface area contributed by atoms with Crippen LogP contribution in [0, 0.1) is 0 Å². The predicted molar refractivity (Wildman–Crippen MR) is 335 cm³/mol. The van der Waals surface area contributed by atoms with E-state index in [4.69, 9.17) is 14.2 Å². The molecule has 0 aromatic rings. The summed E-state index contributed by atoms with van der Waals surface area (Å²) in [6.45, 7) is 6.65. The molecule has 0 N–H and O–H groups in total. The van der Waals surface area contributed by atoms with Gasteiger partial charge in [0.15, 0.2) is 6.10 Å². The molecule has 0 aliphatic heterocycles. The Morgan fingerprint density at radius 2 is 0.468 bits per heavy atom. The van der Waals surface area contributed by atoms with Crippen molar-refractivity contribution in [1.82, 2.24) is 0 Å². The molecule has 0 saturated heterocycles. The van der Waals surface area contributed by atoms with E-state index in [1.54, 1.807) is 0 Å². The first-order valence-electron chi connectivity index (χ1n) is 34.1. The van der Waals surface area contributed by atoms with Gasteiger partial charge in [0.25, 0.3) is 0 Å². The molecule has 0 rings (SSSR count). The largest absolute Gasteiger partial charge is 0.462 e. The Hall–Kier alpha value is -2.63. The van der Waals surface area contributed by atoms with Crippen molar-refractivity contribution < 1.29 is 28.6 Å².